The summed E-state index contributed by atoms with van der Waals surface area (Å²) in [5, 5.41) is 1.11. The third-order valence-corrected chi connectivity index (χ3v) is 11.6. The molecule has 0 amide bonds. The standard InChI is InChI=1S/C2H5IP2/c1-2-4-5(2)3/h2,5H,1H3. The molecular formula is C2H5IP2. The molecule has 2 atom stereocenters. The summed E-state index contributed by atoms with van der Waals surface area (Å²) in [6, 6.07) is 0. The summed E-state index contributed by atoms with van der Waals surface area (Å²) in [6.07, 6.45) is 0. The molecule has 0 aromatic carbocycles. The van der Waals surface area contributed by atoms with Crippen LogP contribution >= 0.6 is 34.8 Å². The zero-order chi connectivity index (χ0) is 3.86. The molecule has 0 N–H and O–H groups in total. The van der Waals surface area contributed by atoms with Crippen molar-refractivity contribution in [3.05, 3.63) is 0 Å². The Morgan fingerprint density at radius 2 is 2.20 bits per heavy atom. The third kappa shape index (κ3) is 1.17. The van der Waals surface area contributed by atoms with Gasteiger partial charge in [0.05, 0.1) is 0 Å². The van der Waals surface area contributed by atoms with Crippen molar-refractivity contribution in [3.63, 3.8) is 0 Å². The van der Waals surface area contributed by atoms with Crippen molar-refractivity contribution in [3.8, 4) is 0 Å². The van der Waals surface area contributed by atoms with Crippen LogP contribution in [0.2, 0.25) is 0 Å². The van der Waals surface area contributed by atoms with Crippen LogP contribution in [-0.4, -0.2) is 5.40 Å². The lowest BCUT2D eigenvalue weighted by molar-refractivity contribution is 1.45. The number of hydrogen-bond acceptors (Lipinski definition) is 0. The summed E-state index contributed by atoms with van der Waals surface area (Å²) in [5.74, 6) is 0. The Balaban J connectivity index is 2.38. The number of halogens is 1. The molecule has 0 bridgehead atoms. The molecule has 0 saturated heterocycles. The highest BCUT2D eigenvalue weighted by atomic mass is 127. The Kier molecular flexibility index (Phi) is 1.40. The monoisotopic (exact) mass is 218 g/mol. The molecule has 1 heterocycles. The maximum absolute atomic E-state index is 2.57. The van der Waals surface area contributed by atoms with Crippen LogP contribution in [0.15, 0.2) is 0 Å². The predicted molar refractivity (Wildman–Crippen MR) is 38.7 cm³/mol. The maximum atomic E-state index is 2.57. The van der Waals surface area contributed by atoms with Gasteiger partial charge < -0.3 is 0 Å². The Hall–Kier alpha value is 1.46. The zero-order valence-electron chi connectivity index (χ0n) is 2.90. The average molecular weight is 218 g/mol. The lowest BCUT2D eigenvalue weighted by Gasteiger charge is -1.66. The first-order valence-corrected chi connectivity index (χ1v) is 8.03. The fourth-order valence-electron chi connectivity index (χ4n) is 0.148. The average Bonchev–Trinajstić information content (AvgIpc) is 1.79. The van der Waals surface area contributed by atoms with Crippen molar-refractivity contribution in [1.82, 2.24) is 0 Å². The smallest absolute Gasteiger partial charge is 0.0280 e. The quantitative estimate of drug-likeness (QED) is 0.433. The van der Waals surface area contributed by atoms with Crippen LogP contribution in [0.1, 0.15) is 6.92 Å². The molecule has 0 nitrogen and oxygen atoms in total. The summed E-state index contributed by atoms with van der Waals surface area (Å²) in [4.78, 5) is 0.235. The Bertz CT molecular complexity index is 77.7. The molecule has 0 aliphatic carbocycles. The second-order valence-electron chi connectivity index (χ2n) is 1.13. The highest BCUT2D eigenvalue weighted by Crippen LogP contribution is 2.68. The van der Waals surface area contributed by atoms with Gasteiger partial charge in [0, 0.05) is 5.40 Å². The van der Waals surface area contributed by atoms with E-state index in [2.05, 4.69) is 29.0 Å². The molecule has 0 fully saturated rings. The van der Waals surface area contributed by atoms with Crippen LogP contribution in [0.5, 0.6) is 0 Å². The summed E-state index contributed by atoms with van der Waals surface area (Å²) >= 11 is 2.57. The summed E-state index contributed by atoms with van der Waals surface area (Å²) in [6.45, 7) is 2.32. The van der Waals surface area contributed by atoms with Crippen LogP contribution in [0.3, 0.4) is 0 Å². The molecule has 30 valence electrons. The largest absolute Gasteiger partial charge is 0.0917 e. The first kappa shape index (κ1) is 4.61. The molecule has 1 rings (SSSR count). The zero-order valence-corrected chi connectivity index (χ0v) is 6.95. The van der Waals surface area contributed by atoms with E-state index in [0.29, 0.717) is 0 Å². The minimum absolute atomic E-state index is 0.235. The van der Waals surface area contributed by atoms with Gasteiger partial charge >= 0.3 is 0 Å². The van der Waals surface area contributed by atoms with Gasteiger partial charge in [0.1, 0.15) is 0 Å². The van der Waals surface area contributed by atoms with Crippen LogP contribution < -0.4 is 0 Å². The predicted octanol–water partition coefficient (Wildman–Crippen LogP) is 2.77. The molecule has 2 unspecified atom stereocenters. The fraction of sp³-hybridized carbons (Fsp3) is 1.00. The van der Waals surface area contributed by atoms with Crippen molar-refractivity contribution < 1.29 is 0 Å². The SMILES string of the molecule is CC1P=[PH]1I. The Morgan fingerprint density at radius 1 is 2.00 bits per heavy atom. The Morgan fingerprint density at radius 3 is 2.20 bits per heavy atom. The van der Waals surface area contributed by atoms with Crippen molar-refractivity contribution in [1.29, 1.82) is 0 Å². The lowest BCUT2D eigenvalue weighted by Crippen LogP contribution is -1.51. The Labute approximate surface area is 47.2 Å². The van der Waals surface area contributed by atoms with Crippen molar-refractivity contribution >= 4 is 34.8 Å². The minimum Gasteiger partial charge on any atom is -0.0917 e. The minimum atomic E-state index is 0.235. The van der Waals surface area contributed by atoms with E-state index in [1.54, 1.807) is 7.87 Å². The van der Waals surface area contributed by atoms with E-state index in [1.807, 2.05) is 0 Å². The summed E-state index contributed by atoms with van der Waals surface area (Å²) in [5.41, 5.74) is 0. The van der Waals surface area contributed by atoms with Gasteiger partial charge in [-0.05, 0) is 4.85 Å². The van der Waals surface area contributed by atoms with Crippen LogP contribution in [-0.2, 0) is 0 Å². The molecule has 0 saturated carbocycles. The summed E-state index contributed by atoms with van der Waals surface area (Å²) in [7, 11) is 1.75. The highest BCUT2D eigenvalue weighted by molar-refractivity contribution is 14.2. The third-order valence-electron chi connectivity index (χ3n) is 0.594. The molecule has 1 aliphatic rings. The van der Waals surface area contributed by atoms with Crippen molar-refractivity contribution in [2.24, 2.45) is 0 Å². The van der Waals surface area contributed by atoms with Crippen LogP contribution in [0.25, 0.3) is 0 Å². The first-order chi connectivity index (χ1) is 2.30. The first-order valence-electron chi connectivity index (χ1n) is 1.54. The van der Waals surface area contributed by atoms with Gasteiger partial charge in [-0.3, -0.25) is 0 Å². The van der Waals surface area contributed by atoms with E-state index in [0.717, 1.165) is 5.40 Å². The van der Waals surface area contributed by atoms with E-state index in [9.17, 15) is 0 Å². The van der Waals surface area contributed by atoms with Gasteiger partial charge in [0.15, 0.2) is 0 Å². The van der Waals surface area contributed by atoms with Gasteiger partial charge in [-0.15, -0.1) is 0 Å². The highest BCUT2D eigenvalue weighted by Gasteiger charge is 2.13. The van der Waals surface area contributed by atoms with Crippen molar-refractivity contribution in [2.75, 3.05) is 0 Å². The van der Waals surface area contributed by atoms with Crippen molar-refractivity contribution in [2.45, 2.75) is 12.3 Å². The number of hydrogen-bond donors (Lipinski definition) is 0. The fourth-order valence-corrected chi connectivity index (χ4v) is 8.04. The van der Waals surface area contributed by atoms with E-state index in [1.165, 1.54) is 0 Å². The van der Waals surface area contributed by atoms with Gasteiger partial charge in [-0.25, -0.2) is 0 Å². The maximum Gasteiger partial charge on any atom is 0.0280 e. The molecule has 5 heavy (non-hydrogen) atoms. The topological polar surface area (TPSA) is 0 Å². The lowest BCUT2D eigenvalue weighted by atomic mass is 11.0. The van der Waals surface area contributed by atoms with E-state index < -0.39 is 0 Å². The summed E-state index contributed by atoms with van der Waals surface area (Å²) < 4.78 is 0. The molecule has 0 aromatic rings. The second kappa shape index (κ2) is 1.52. The van der Waals surface area contributed by atoms with E-state index in [-0.39, 0.29) is 4.85 Å². The molecular weight excluding hydrogens is 213 g/mol. The molecule has 1 aliphatic heterocycles. The van der Waals surface area contributed by atoms with Gasteiger partial charge in [0.25, 0.3) is 0 Å². The molecule has 0 spiro atoms. The molecule has 0 aromatic heterocycles. The van der Waals surface area contributed by atoms with Crippen LogP contribution in [0, 0.1) is 0 Å². The van der Waals surface area contributed by atoms with Gasteiger partial charge in [-0.2, -0.15) is 0 Å². The van der Waals surface area contributed by atoms with E-state index >= 15 is 0 Å². The van der Waals surface area contributed by atoms with E-state index in [4.69, 9.17) is 0 Å². The van der Waals surface area contributed by atoms with Gasteiger partial charge in [-0.1, -0.05) is 36.8 Å². The van der Waals surface area contributed by atoms with Gasteiger partial charge in [0.2, 0.25) is 0 Å². The number of rotatable bonds is 0. The van der Waals surface area contributed by atoms with Crippen LogP contribution in [0.4, 0.5) is 0 Å². The molecule has 0 radical (unpaired) electrons. The molecule has 3 heteroatoms. The normalized spacial score (nSPS) is 50.8. The second-order valence-corrected chi connectivity index (χ2v) is 12.4.